The smallest absolute Gasteiger partial charge is 0.119 e. The van der Waals surface area contributed by atoms with Crippen molar-refractivity contribution in [1.82, 2.24) is 0 Å². The van der Waals surface area contributed by atoms with Crippen molar-refractivity contribution in [3.05, 3.63) is 28.8 Å². The standard InChI is InChI=1S/C11H12ClNO/c1-2-9-8-10(4-5-11(9)12)14-7-3-6-13/h4-5,8H,2-3,7H2,1H3. The maximum Gasteiger partial charge on any atom is 0.119 e. The summed E-state index contributed by atoms with van der Waals surface area (Å²) < 4.78 is 5.36. The van der Waals surface area contributed by atoms with Crippen molar-refractivity contribution in [2.45, 2.75) is 19.8 Å². The molecule has 0 amide bonds. The lowest BCUT2D eigenvalue weighted by atomic mass is 10.1. The zero-order valence-electron chi connectivity index (χ0n) is 8.09. The second-order valence-corrected chi connectivity index (χ2v) is 3.27. The van der Waals surface area contributed by atoms with Crippen LogP contribution < -0.4 is 4.74 Å². The summed E-state index contributed by atoms with van der Waals surface area (Å²) >= 11 is 5.95. The number of nitriles is 1. The maximum absolute atomic E-state index is 8.34. The van der Waals surface area contributed by atoms with Crippen LogP contribution in [0.1, 0.15) is 18.9 Å². The molecule has 0 saturated heterocycles. The van der Waals surface area contributed by atoms with Gasteiger partial charge in [-0.25, -0.2) is 0 Å². The van der Waals surface area contributed by atoms with Gasteiger partial charge < -0.3 is 4.74 Å². The molecule has 0 aliphatic carbocycles. The van der Waals surface area contributed by atoms with Crippen molar-refractivity contribution in [3.63, 3.8) is 0 Å². The van der Waals surface area contributed by atoms with E-state index in [9.17, 15) is 0 Å². The van der Waals surface area contributed by atoms with Gasteiger partial charge in [-0.1, -0.05) is 18.5 Å². The molecule has 3 heteroatoms. The van der Waals surface area contributed by atoms with E-state index in [0.717, 1.165) is 22.8 Å². The summed E-state index contributed by atoms with van der Waals surface area (Å²) in [5.74, 6) is 0.779. The SMILES string of the molecule is CCc1cc(OCCC#N)ccc1Cl. The summed E-state index contributed by atoms with van der Waals surface area (Å²) in [4.78, 5) is 0. The summed E-state index contributed by atoms with van der Waals surface area (Å²) in [7, 11) is 0. The molecule has 0 unspecified atom stereocenters. The summed E-state index contributed by atoms with van der Waals surface area (Å²) in [6.07, 6.45) is 1.29. The highest BCUT2D eigenvalue weighted by atomic mass is 35.5. The first-order valence-electron chi connectivity index (χ1n) is 4.56. The van der Waals surface area contributed by atoms with Gasteiger partial charge in [0.05, 0.1) is 12.5 Å². The fraction of sp³-hybridized carbons (Fsp3) is 0.364. The fourth-order valence-electron chi connectivity index (χ4n) is 1.13. The van der Waals surface area contributed by atoms with E-state index >= 15 is 0 Å². The zero-order chi connectivity index (χ0) is 10.4. The molecule has 0 spiro atoms. The van der Waals surface area contributed by atoms with Crippen molar-refractivity contribution >= 4 is 11.6 Å². The molecule has 1 aromatic carbocycles. The van der Waals surface area contributed by atoms with Crippen molar-refractivity contribution < 1.29 is 4.74 Å². The molecular formula is C11H12ClNO. The first-order valence-corrected chi connectivity index (χ1v) is 4.94. The van der Waals surface area contributed by atoms with Crippen LogP contribution in [-0.4, -0.2) is 6.61 Å². The van der Waals surface area contributed by atoms with Gasteiger partial charge in [-0.3, -0.25) is 0 Å². The Labute approximate surface area is 89.1 Å². The number of benzene rings is 1. The normalized spacial score (nSPS) is 9.50. The predicted octanol–water partition coefficient (Wildman–Crippen LogP) is 3.19. The first-order chi connectivity index (χ1) is 6.77. The summed E-state index contributed by atoms with van der Waals surface area (Å²) in [6, 6.07) is 7.58. The predicted molar refractivity (Wildman–Crippen MR) is 56.6 cm³/mol. The Balaban J connectivity index is 2.65. The molecule has 0 aliphatic heterocycles. The van der Waals surface area contributed by atoms with E-state index in [1.54, 1.807) is 0 Å². The van der Waals surface area contributed by atoms with E-state index in [1.165, 1.54) is 0 Å². The highest BCUT2D eigenvalue weighted by Crippen LogP contribution is 2.22. The largest absolute Gasteiger partial charge is 0.493 e. The minimum absolute atomic E-state index is 0.407. The minimum Gasteiger partial charge on any atom is -0.493 e. The summed E-state index contributed by atoms with van der Waals surface area (Å²) in [5, 5.41) is 9.10. The van der Waals surface area contributed by atoms with E-state index in [-0.39, 0.29) is 0 Å². The van der Waals surface area contributed by atoms with Crippen LogP contribution in [0.4, 0.5) is 0 Å². The van der Waals surface area contributed by atoms with Gasteiger partial charge in [0.2, 0.25) is 0 Å². The van der Waals surface area contributed by atoms with Crippen molar-refractivity contribution in [1.29, 1.82) is 5.26 Å². The van der Waals surface area contributed by atoms with Gasteiger partial charge >= 0.3 is 0 Å². The van der Waals surface area contributed by atoms with E-state index in [2.05, 4.69) is 0 Å². The Kier molecular flexibility index (Phi) is 4.28. The Bertz CT molecular complexity index is 344. The molecule has 2 nitrogen and oxygen atoms in total. The summed E-state index contributed by atoms with van der Waals surface area (Å²) in [6.45, 7) is 2.47. The molecule has 0 aromatic heterocycles. The van der Waals surface area contributed by atoms with Crippen molar-refractivity contribution in [2.24, 2.45) is 0 Å². The van der Waals surface area contributed by atoms with Crippen LogP contribution in [0.2, 0.25) is 5.02 Å². The highest BCUT2D eigenvalue weighted by molar-refractivity contribution is 6.31. The van der Waals surface area contributed by atoms with E-state index in [1.807, 2.05) is 31.2 Å². The molecule has 0 bridgehead atoms. The second-order valence-electron chi connectivity index (χ2n) is 2.86. The Morgan fingerprint density at radius 1 is 1.50 bits per heavy atom. The van der Waals surface area contributed by atoms with Crippen LogP contribution in [0.3, 0.4) is 0 Å². The Morgan fingerprint density at radius 3 is 2.93 bits per heavy atom. The monoisotopic (exact) mass is 209 g/mol. The van der Waals surface area contributed by atoms with Crippen LogP contribution in [-0.2, 0) is 6.42 Å². The third-order valence-electron chi connectivity index (χ3n) is 1.88. The van der Waals surface area contributed by atoms with E-state index in [0.29, 0.717) is 13.0 Å². The molecule has 0 radical (unpaired) electrons. The summed E-state index contributed by atoms with van der Waals surface area (Å²) in [5.41, 5.74) is 1.07. The van der Waals surface area contributed by atoms with Gasteiger partial charge in [0.1, 0.15) is 12.4 Å². The van der Waals surface area contributed by atoms with Gasteiger partial charge in [0.25, 0.3) is 0 Å². The molecule has 0 fully saturated rings. The first kappa shape index (κ1) is 10.9. The third-order valence-corrected chi connectivity index (χ3v) is 2.25. The van der Waals surface area contributed by atoms with Crippen molar-refractivity contribution in [2.75, 3.05) is 6.61 Å². The van der Waals surface area contributed by atoms with Gasteiger partial charge in [-0.05, 0) is 30.2 Å². The van der Waals surface area contributed by atoms with Gasteiger partial charge in [0.15, 0.2) is 0 Å². The lowest BCUT2D eigenvalue weighted by molar-refractivity contribution is 0.326. The van der Waals surface area contributed by atoms with E-state index < -0.39 is 0 Å². The van der Waals surface area contributed by atoms with Crippen LogP contribution in [0, 0.1) is 11.3 Å². The molecular weight excluding hydrogens is 198 g/mol. The average Bonchev–Trinajstić information content (AvgIpc) is 2.21. The molecule has 74 valence electrons. The van der Waals surface area contributed by atoms with Crippen LogP contribution in [0.25, 0.3) is 0 Å². The molecule has 0 aliphatic rings. The lowest BCUT2D eigenvalue weighted by Gasteiger charge is -2.06. The van der Waals surface area contributed by atoms with E-state index in [4.69, 9.17) is 21.6 Å². The van der Waals surface area contributed by atoms with Crippen LogP contribution >= 0.6 is 11.6 Å². The van der Waals surface area contributed by atoms with Crippen LogP contribution in [0.15, 0.2) is 18.2 Å². The Hall–Kier alpha value is -1.20. The number of hydrogen-bond acceptors (Lipinski definition) is 2. The number of halogens is 1. The maximum atomic E-state index is 8.34. The number of hydrogen-bond donors (Lipinski definition) is 0. The molecule has 0 atom stereocenters. The zero-order valence-corrected chi connectivity index (χ0v) is 8.84. The highest BCUT2D eigenvalue weighted by Gasteiger charge is 2.00. The number of rotatable bonds is 4. The Morgan fingerprint density at radius 2 is 2.29 bits per heavy atom. The molecule has 14 heavy (non-hydrogen) atoms. The topological polar surface area (TPSA) is 33.0 Å². The van der Waals surface area contributed by atoms with Crippen LogP contribution in [0.5, 0.6) is 5.75 Å². The van der Waals surface area contributed by atoms with Crippen molar-refractivity contribution in [3.8, 4) is 11.8 Å². The van der Waals surface area contributed by atoms with Gasteiger partial charge in [-0.2, -0.15) is 5.26 Å². The second kappa shape index (κ2) is 5.51. The average molecular weight is 210 g/mol. The molecule has 1 rings (SSSR count). The number of ether oxygens (including phenoxy) is 1. The minimum atomic E-state index is 0.407. The molecule has 0 heterocycles. The lowest BCUT2D eigenvalue weighted by Crippen LogP contribution is -1.96. The molecule has 0 saturated carbocycles. The molecule has 1 aromatic rings. The fourth-order valence-corrected chi connectivity index (χ4v) is 1.38. The quantitative estimate of drug-likeness (QED) is 0.714. The number of nitrogens with zero attached hydrogens (tertiary/aromatic N) is 1. The molecule has 0 N–H and O–H groups in total. The number of aryl methyl sites for hydroxylation is 1. The van der Waals surface area contributed by atoms with Gasteiger partial charge in [0, 0.05) is 5.02 Å². The van der Waals surface area contributed by atoms with Gasteiger partial charge in [-0.15, -0.1) is 0 Å². The third kappa shape index (κ3) is 2.93.